The molecule has 1 fully saturated rings. The fraction of sp³-hybridized carbons (Fsp3) is 0.333. The molecule has 5 rings (SSSR count). The lowest BCUT2D eigenvalue weighted by Gasteiger charge is -2.43. The number of halogens is 1. The average molecular weight is 615 g/mol. The third-order valence-corrected chi connectivity index (χ3v) is 12.8. The van der Waals surface area contributed by atoms with Crippen molar-refractivity contribution in [3.8, 4) is 0 Å². The van der Waals surface area contributed by atoms with E-state index in [0.29, 0.717) is 24.5 Å². The number of ether oxygens (including phenoxy) is 1. The molecular formula is C27H31IN4O3Si. The van der Waals surface area contributed by atoms with Crippen LogP contribution in [0.1, 0.15) is 33.4 Å². The summed E-state index contributed by atoms with van der Waals surface area (Å²) >= 11 is 2.23. The van der Waals surface area contributed by atoms with Gasteiger partial charge < -0.3 is 24.6 Å². The third-order valence-electron chi connectivity index (χ3n) is 6.99. The monoisotopic (exact) mass is 614 g/mol. The molecule has 7 nitrogen and oxygen atoms in total. The Labute approximate surface area is 225 Å². The van der Waals surface area contributed by atoms with Crippen LogP contribution in [0, 0.1) is 3.57 Å². The van der Waals surface area contributed by atoms with E-state index < -0.39 is 20.5 Å². The molecule has 1 unspecified atom stereocenters. The number of aliphatic hydroxyl groups is 1. The van der Waals surface area contributed by atoms with Crippen molar-refractivity contribution in [2.75, 3.05) is 12.3 Å². The molecule has 0 radical (unpaired) electrons. The van der Waals surface area contributed by atoms with Crippen LogP contribution >= 0.6 is 22.6 Å². The molecule has 2 aromatic carbocycles. The fourth-order valence-electron chi connectivity index (χ4n) is 5.29. The second kappa shape index (κ2) is 9.86. The van der Waals surface area contributed by atoms with Gasteiger partial charge in [0.15, 0.2) is 0 Å². The zero-order valence-corrected chi connectivity index (χ0v) is 23.8. The zero-order chi connectivity index (χ0) is 25.5. The SMILES string of the molecule is CC(C)(C)[Si](OC[C@H]1O[C@@H](n2cc(I)c3c(N)ncnc32)CC1O)(c1ccccc1)c1ccccc1. The molecule has 4 aromatic rings. The Morgan fingerprint density at radius 2 is 1.69 bits per heavy atom. The highest BCUT2D eigenvalue weighted by molar-refractivity contribution is 14.1. The maximum Gasteiger partial charge on any atom is 0.261 e. The lowest BCUT2D eigenvalue weighted by Crippen LogP contribution is -2.67. The van der Waals surface area contributed by atoms with Gasteiger partial charge in [-0.05, 0) is 38.0 Å². The van der Waals surface area contributed by atoms with Gasteiger partial charge in [0.25, 0.3) is 8.32 Å². The maximum absolute atomic E-state index is 11.0. The van der Waals surface area contributed by atoms with E-state index in [2.05, 4.69) is 102 Å². The first kappa shape index (κ1) is 25.3. The summed E-state index contributed by atoms with van der Waals surface area (Å²) in [7, 11) is -2.73. The Kier molecular flexibility index (Phi) is 6.94. The van der Waals surface area contributed by atoms with Gasteiger partial charge in [0.1, 0.15) is 30.1 Å². The summed E-state index contributed by atoms with van der Waals surface area (Å²) in [5.41, 5.74) is 6.80. The van der Waals surface area contributed by atoms with Crippen LogP contribution in [0.3, 0.4) is 0 Å². The predicted octanol–water partition coefficient (Wildman–Crippen LogP) is 3.84. The van der Waals surface area contributed by atoms with Gasteiger partial charge in [0.05, 0.1) is 18.1 Å². The van der Waals surface area contributed by atoms with Crippen molar-refractivity contribution < 1.29 is 14.3 Å². The minimum atomic E-state index is -2.73. The summed E-state index contributed by atoms with van der Waals surface area (Å²) in [6, 6.07) is 21.0. The van der Waals surface area contributed by atoms with Gasteiger partial charge in [-0.1, -0.05) is 81.4 Å². The van der Waals surface area contributed by atoms with Crippen LogP contribution in [0.5, 0.6) is 0 Å². The number of aliphatic hydroxyl groups excluding tert-OH is 1. The molecule has 9 heteroatoms. The average Bonchev–Trinajstić information content (AvgIpc) is 3.40. The van der Waals surface area contributed by atoms with Crippen LogP contribution in [0.25, 0.3) is 11.0 Å². The van der Waals surface area contributed by atoms with Crippen LogP contribution in [-0.4, -0.2) is 46.8 Å². The van der Waals surface area contributed by atoms with E-state index in [9.17, 15) is 5.11 Å². The van der Waals surface area contributed by atoms with E-state index in [1.54, 1.807) is 0 Å². The lowest BCUT2D eigenvalue weighted by molar-refractivity contribution is -0.0397. The minimum Gasteiger partial charge on any atom is -0.405 e. The summed E-state index contributed by atoms with van der Waals surface area (Å²) in [6.45, 7) is 7.02. The molecule has 3 atom stereocenters. The van der Waals surface area contributed by atoms with Crippen LogP contribution in [0.2, 0.25) is 5.04 Å². The highest BCUT2D eigenvalue weighted by Gasteiger charge is 2.51. The first-order valence-corrected chi connectivity index (χ1v) is 15.1. The van der Waals surface area contributed by atoms with E-state index in [-0.39, 0.29) is 11.3 Å². The van der Waals surface area contributed by atoms with Crippen LogP contribution in [-0.2, 0) is 9.16 Å². The summed E-state index contributed by atoms with van der Waals surface area (Å²) in [5.74, 6) is 0.438. The second-order valence-electron chi connectivity index (χ2n) is 10.2. The highest BCUT2D eigenvalue weighted by Crippen LogP contribution is 2.39. The first-order valence-electron chi connectivity index (χ1n) is 12.1. The number of fused-ring (bicyclic) bond motifs is 1. The number of hydrogen-bond donors (Lipinski definition) is 2. The van der Waals surface area contributed by atoms with Crippen LogP contribution < -0.4 is 16.1 Å². The van der Waals surface area contributed by atoms with E-state index in [0.717, 1.165) is 8.96 Å². The molecular weight excluding hydrogens is 583 g/mol. The maximum atomic E-state index is 11.0. The summed E-state index contributed by atoms with van der Waals surface area (Å²) in [6.07, 6.45) is 2.36. The molecule has 0 bridgehead atoms. The third kappa shape index (κ3) is 4.36. The van der Waals surface area contributed by atoms with Crippen molar-refractivity contribution in [2.45, 2.75) is 50.7 Å². The van der Waals surface area contributed by atoms with E-state index in [4.69, 9.17) is 14.9 Å². The summed E-state index contributed by atoms with van der Waals surface area (Å²) < 4.78 is 16.3. The van der Waals surface area contributed by atoms with Crippen molar-refractivity contribution >= 4 is 58.1 Å². The van der Waals surface area contributed by atoms with Gasteiger partial charge in [-0.15, -0.1) is 0 Å². The Balaban J connectivity index is 1.46. The van der Waals surface area contributed by atoms with Crippen molar-refractivity contribution in [3.05, 3.63) is 76.8 Å². The van der Waals surface area contributed by atoms with E-state index in [1.807, 2.05) is 22.9 Å². The topological polar surface area (TPSA) is 95.4 Å². The standard InChI is InChI=1S/C27H31IN4O3Si/c1-27(2,3)36(18-10-6-4-7-11-18,19-12-8-5-9-13-19)34-16-22-21(33)14-23(35-22)32-15-20(28)24-25(29)30-17-31-26(24)32/h4-13,15,17,21-23,33H,14,16H2,1-3H3,(H2,29,30,31)/t21?,22-,23-/m1/s1. The molecule has 0 aliphatic carbocycles. The van der Waals surface area contributed by atoms with Gasteiger partial charge in [0.2, 0.25) is 0 Å². The van der Waals surface area contributed by atoms with Crippen molar-refractivity contribution in [3.63, 3.8) is 0 Å². The number of aromatic nitrogens is 3. The van der Waals surface area contributed by atoms with Gasteiger partial charge in [-0.3, -0.25) is 0 Å². The van der Waals surface area contributed by atoms with Crippen molar-refractivity contribution in [1.82, 2.24) is 14.5 Å². The molecule has 0 amide bonds. The van der Waals surface area contributed by atoms with Gasteiger partial charge in [-0.2, -0.15) is 0 Å². The smallest absolute Gasteiger partial charge is 0.261 e. The summed E-state index contributed by atoms with van der Waals surface area (Å²) in [4.78, 5) is 8.55. The zero-order valence-electron chi connectivity index (χ0n) is 20.6. The molecule has 2 aromatic heterocycles. The predicted molar refractivity (Wildman–Crippen MR) is 153 cm³/mol. The minimum absolute atomic E-state index is 0.153. The van der Waals surface area contributed by atoms with Crippen LogP contribution in [0.15, 0.2) is 73.2 Å². The van der Waals surface area contributed by atoms with Crippen molar-refractivity contribution in [1.29, 1.82) is 0 Å². The fourth-order valence-corrected chi connectivity index (χ4v) is 10.7. The first-order chi connectivity index (χ1) is 17.2. The number of hydrogen-bond acceptors (Lipinski definition) is 6. The van der Waals surface area contributed by atoms with Crippen molar-refractivity contribution in [2.24, 2.45) is 0 Å². The number of anilines is 1. The summed E-state index contributed by atoms with van der Waals surface area (Å²) in [5, 5.41) is 14.1. The molecule has 0 spiro atoms. The number of nitrogens with zero attached hydrogens (tertiary/aromatic N) is 3. The number of rotatable bonds is 6. The second-order valence-corrected chi connectivity index (χ2v) is 15.7. The van der Waals surface area contributed by atoms with Gasteiger partial charge in [0, 0.05) is 16.2 Å². The quantitative estimate of drug-likeness (QED) is 0.253. The molecule has 1 aliphatic heterocycles. The molecule has 188 valence electrons. The molecule has 1 aliphatic rings. The molecule has 36 heavy (non-hydrogen) atoms. The number of nitrogens with two attached hydrogens (primary N) is 1. The Morgan fingerprint density at radius 1 is 1.08 bits per heavy atom. The van der Waals surface area contributed by atoms with Gasteiger partial charge >= 0.3 is 0 Å². The molecule has 3 heterocycles. The molecule has 0 saturated carbocycles. The number of benzene rings is 2. The molecule has 3 N–H and O–H groups in total. The highest BCUT2D eigenvalue weighted by atomic mass is 127. The van der Waals surface area contributed by atoms with Gasteiger partial charge in [-0.25, -0.2) is 9.97 Å². The van der Waals surface area contributed by atoms with E-state index >= 15 is 0 Å². The Bertz CT molecular complexity index is 1300. The van der Waals surface area contributed by atoms with Crippen LogP contribution in [0.4, 0.5) is 5.82 Å². The molecule has 1 saturated heterocycles. The lowest BCUT2D eigenvalue weighted by atomic mass is 10.2. The normalized spacial score (nSPS) is 20.8. The largest absolute Gasteiger partial charge is 0.405 e. The number of nitrogen functional groups attached to an aromatic ring is 1. The Hall–Kier alpha value is -2.31. The van der Waals surface area contributed by atoms with E-state index in [1.165, 1.54) is 16.7 Å². The Morgan fingerprint density at radius 3 is 2.28 bits per heavy atom.